The minimum Gasteiger partial charge on any atom is -0.497 e. The van der Waals surface area contributed by atoms with Gasteiger partial charge < -0.3 is 14.2 Å². The van der Waals surface area contributed by atoms with Crippen molar-refractivity contribution in [2.24, 2.45) is 5.41 Å². The molecule has 0 fully saturated rings. The third-order valence-electron chi connectivity index (χ3n) is 4.20. The lowest BCUT2D eigenvalue weighted by Crippen LogP contribution is -2.21. The molecular formula is C21H27FO3. The van der Waals surface area contributed by atoms with Crippen LogP contribution in [0, 0.1) is 11.2 Å². The lowest BCUT2D eigenvalue weighted by Gasteiger charge is -2.32. The summed E-state index contributed by atoms with van der Waals surface area (Å²) in [6.45, 7) is 6.82. The molecule has 0 saturated heterocycles. The van der Waals surface area contributed by atoms with Crippen LogP contribution in [0.5, 0.6) is 5.75 Å². The van der Waals surface area contributed by atoms with Crippen LogP contribution in [0.15, 0.2) is 36.4 Å². The van der Waals surface area contributed by atoms with E-state index in [2.05, 4.69) is 20.8 Å². The minimum atomic E-state index is -0.287. The van der Waals surface area contributed by atoms with E-state index in [4.69, 9.17) is 14.2 Å². The van der Waals surface area contributed by atoms with Gasteiger partial charge in [-0.2, -0.15) is 0 Å². The normalized spacial score (nSPS) is 12.9. The van der Waals surface area contributed by atoms with Crippen LogP contribution < -0.4 is 4.74 Å². The smallest absolute Gasteiger partial charge is 0.131 e. The summed E-state index contributed by atoms with van der Waals surface area (Å²) in [6, 6.07) is 10.7. The molecule has 0 radical (unpaired) electrons. The Morgan fingerprint density at radius 3 is 2.24 bits per heavy atom. The number of rotatable bonds is 6. The molecule has 4 heteroatoms. The maximum absolute atomic E-state index is 14.6. The molecule has 2 aromatic rings. The Balaban J connectivity index is 2.69. The summed E-state index contributed by atoms with van der Waals surface area (Å²) in [6.07, 6.45) is -0.190. The average molecular weight is 346 g/mol. The Morgan fingerprint density at radius 2 is 1.68 bits per heavy atom. The quantitative estimate of drug-likeness (QED) is 0.703. The van der Waals surface area contributed by atoms with E-state index >= 15 is 0 Å². The molecule has 0 saturated carbocycles. The Morgan fingerprint density at radius 1 is 0.960 bits per heavy atom. The molecule has 2 aromatic carbocycles. The molecule has 0 aliphatic rings. The van der Waals surface area contributed by atoms with Crippen molar-refractivity contribution in [1.29, 1.82) is 0 Å². The second-order valence-corrected chi connectivity index (χ2v) is 7.18. The molecule has 2 rings (SSSR count). The average Bonchev–Trinajstić information content (AvgIpc) is 2.56. The topological polar surface area (TPSA) is 27.7 Å². The van der Waals surface area contributed by atoms with Gasteiger partial charge in [0, 0.05) is 19.8 Å². The molecule has 0 spiro atoms. The number of methoxy groups -OCH3 is 3. The van der Waals surface area contributed by atoms with Gasteiger partial charge in [-0.3, -0.25) is 0 Å². The van der Waals surface area contributed by atoms with Crippen molar-refractivity contribution in [3.8, 4) is 16.9 Å². The van der Waals surface area contributed by atoms with Crippen LogP contribution in [-0.2, 0) is 16.1 Å². The van der Waals surface area contributed by atoms with Gasteiger partial charge in [0.05, 0.1) is 19.8 Å². The maximum atomic E-state index is 14.6. The van der Waals surface area contributed by atoms with Gasteiger partial charge in [-0.05, 0) is 40.3 Å². The number of halogens is 1. The van der Waals surface area contributed by atoms with Crippen molar-refractivity contribution in [1.82, 2.24) is 0 Å². The molecule has 136 valence electrons. The van der Waals surface area contributed by atoms with Gasteiger partial charge >= 0.3 is 0 Å². The van der Waals surface area contributed by atoms with Gasteiger partial charge in [0.25, 0.3) is 0 Å². The first-order valence-electron chi connectivity index (χ1n) is 8.30. The summed E-state index contributed by atoms with van der Waals surface area (Å²) >= 11 is 0. The van der Waals surface area contributed by atoms with Crippen molar-refractivity contribution in [3.63, 3.8) is 0 Å². The fourth-order valence-corrected chi connectivity index (χ4v) is 3.12. The van der Waals surface area contributed by atoms with E-state index in [1.165, 1.54) is 6.07 Å². The lowest BCUT2D eigenvalue weighted by molar-refractivity contribution is 0.0154. The van der Waals surface area contributed by atoms with Gasteiger partial charge in [0.1, 0.15) is 11.6 Å². The first-order chi connectivity index (χ1) is 11.8. The lowest BCUT2D eigenvalue weighted by atomic mass is 9.81. The highest BCUT2D eigenvalue weighted by Crippen LogP contribution is 2.42. The standard InChI is InChI=1S/C21H27FO3/c1-21(2,3)20(25-6)18-11-14(13-23-4)7-9-16(18)17-12-15(24-5)8-10-19(17)22/h7-12,20H,13H2,1-6H3/t20-/m1/s1. The van der Waals surface area contributed by atoms with Crippen molar-refractivity contribution in [2.75, 3.05) is 21.3 Å². The van der Waals surface area contributed by atoms with Crippen LogP contribution in [-0.4, -0.2) is 21.3 Å². The first kappa shape index (κ1) is 19.4. The summed E-state index contributed by atoms with van der Waals surface area (Å²) in [4.78, 5) is 0. The summed E-state index contributed by atoms with van der Waals surface area (Å²) < 4.78 is 30.9. The summed E-state index contributed by atoms with van der Waals surface area (Å²) in [7, 11) is 4.92. The van der Waals surface area contributed by atoms with E-state index in [1.807, 2.05) is 18.2 Å². The number of hydrogen-bond donors (Lipinski definition) is 0. The highest BCUT2D eigenvalue weighted by Gasteiger charge is 2.29. The highest BCUT2D eigenvalue weighted by molar-refractivity contribution is 5.70. The molecule has 0 N–H and O–H groups in total. The molecule has 3 nitrogen and oxygen atoms in total. The fraction of sp³-hybridized carbons (Fsp3) is 0.429. The van der Waals surface area contributed by atoms with Gasteiger partial charge in [0.15, 0.2) is 0 Å². The van der Waals surface area contributed by atoms with Crippen LogP contribution in [0.1, 0.15) is 38.0 Å². The molecule has 25 heavy (non-hydrogen) atoms. The summed E-state index contributed by atoms with van der Waals surface area (Å²) in [5, 5.41) is 0. The van der Waals surface area contributed by atoms with E-state index in [-0.39, 0.29) is 17.3 Å². The van der Waals surface area contributed by atoms with E-state index in [9.17, 15) is 4.39 Å². The molecule has 0 unspecified atom stereocenters. The van der Waals surface area contributed by atoms with Crippen LogP contribution in [0.3, 0.4) is 0 Å². The van der Waals surface area contributed by atoms with Crippen molar-refractivity contribution >= 4 is 0 Å². The predicted molar refractivity (Wildman–Crippen MR) is 98.3 cm³/mol. The second kappa shape index (κ2) is 7.98. The second-order valence-electron chi connectivity index (χ2n) is 7.18. The SMILES string of the molecule is COCc1ccc(-c2cc(OC)ccc2F)c([C@@H](OC)C(C)(C)C)c1. The first-order valence-corrected chi connectivity index (χ1v) is 8.30. The number of ether oxygens (including phenoxy) is 3. The van der Waals surface area contributed by atoms with Crippen molar-refractivity contribution in [2.45, 2.75) is 33.5 Å². The molecule has 0 amide bonds. The molecule has 0 heterocycles. The summed E-state index contributed by atoms with van der Waals surface area (Å²) in [5.41, 5.74) is 3.13. The van der Waals surface area contributed by atoms with Crippen LogP contribution in [0.2, 0.25) is 0 Å². The van der Waals surface area contributed by atoms with Crippen LogP contribution in [0.4, 0.5) is 4.39 Å². The number of benzene rings is 2. The van der Waals surface area contributed by atoms with Crippen molar-refractivity contribution in [3.05, 3.63) is 53.3 Å². The van der Waals surface area contributed by atoms with Gasteiger partial charge in [-0.1, -0.05) is 39.0 Å². The predicted octanol–water partition coefficient (Wildman–Crippen LogP) is 5.38. The van der Waals surface area contributed by atoms with Crippen LogP contribution >= 0.6 is 0 Å². The van der Waals surface area contributed by atoms with E-state index in [1.54, 1.807) is 33.5 Å². The maximum Gasteiger partial charge on any atom is 0.131 e. The zero-order valence-corrected chi connectivity index (χ0v) is 15.9. The fourth-order valence-electron chi connectivity index (χ4n) is 3.12. The highest BCUT2D eigenvalue weighted by atomic mass is 19.1. The molecule has 0 bridgehead atoms. The zero-order chi connectivity index (χ0) is 18.6. The van der Waals surface area contributed by atoms with Gasteiger partial charge in [-0.15, -0.1) is 0 Å². The van der Waals surface area contributed by atoms with E-state index in [0.717, 1.165) is 16.7 Å². The Bertz CT molecular complexity index is 720. The summed E-state index contributed by atoms with van der Waals surface area (Å²) in [5.74, 6) is 0.332. The number of hydrogen-bond acceptors (Lipinski definition) is 3. The Labute approximate surface area is 149 Å². The molecule has 0 aromatic heterocycles. The van der Waals surface area contributed by atoms with Gasteiger partial charge in [0.2, 0.25) is 0 Å². The van der Waals surface area contributed by atoms with Crippen molar-refractivity contribution < 1.29 is 18.6 Å². The largest absolute Gasteiger partial charge is 0.497 e. The monoisotopic (exact) mass is 346 g/mol. The van der Waals surface area contributed by atoms with E-state index in [0.29, 0.717) is 17.9 Å². The Kier molecular flexibility index (Phi) is 6.20. The van der Waals surface area contributed by atoms with E-state index < -0.39 is 0 Å². The molecule has 0 aliphatic heterocycles. The molecule has 0 aliphatic carbocycles. The zero-order valence-electron chi connectivity index (χ0n) is 15.9. The third-order valence-corrected chi connectivity index (χ3v) is 4.20. The minimum absolute atomic E-state index is 0.148. The van der Waals surface area contributed by atoms with Gasteiger partial charge in [-0.25, -0.2) is 4.39 Å². The molecule has 1 atom stereocenters. The Hall–Kier alpha value is -1.91. The third kappa shape index (κ3) is 4.39. The van der Waals surface area contributed by atoms with Crippen LogP contribution in [0.25, 0.3) is 11.1 Å². The molecular weight excluding hydrogens is 319 g/mol.